The molecule has 11 heteroatoms. The van der Waals surface area contributed by atoms with Gasteiger partial charge in [0.15, 0.2) is 5.16 Å². The number of carbonyl (C=O) groups excluding carboxylic acids is 1. The number of nitrogens with zero attached hydrogens (tertiary/aromatic N) is 3. The largest absolute Gasteiger partial charge is 0.329 e. The van der Waals surface area contributed by atoms with Crippen molar-refractivity contribution in [2.45, 2.75) is 14.9 Å². The molecule has 1 aliphatic heterocycles. The number of imidazole rings is 1. The molecule has 0 aliphatic carbocycles. The standard InChI is InChI=1S/C19H20N4O3S4/c1-22-8-7-20-19(22)29-15-4-2-14(3-5-15)21-18(24)17-16(6-11-28-17)30(25,26)23-9-12-27-13-10-23/h2-8,11H,9-10,12-13H2,1H3,(H,21,24). The summed E-state index contributed by atoms with van der Waals surface area (Å²) in [5.41, 5.74) is 0.607. The summed E-state index contributed by atoms with van der Waals surface area (Å²) < 4.78 is 29.4. The molecule has 2 aromatic heterocycles. The number of amides is 1. The van der Waals surface area contributed by atoms with Gasteiger partial charge in [-0.15, -0.1) is 11.3 Å². The fourth-order valence-corrected chi connectivity index (χ4v) is 7.62. The van der Waals surface area contributed by atoms with E-state index in [1.165, 1.54) is 22.1 Å². The molecule has 1 fully saturated rings. The minimum atomic E-state index is -3.67. The highest BCUT2D eigenvalue weighted by molar-refractivity contribution is 7.99. The van der Waals surface area contributed by atoms with Gasteiger partial charge in [-0.2, -0.15) is 16.1 Å². The zero-order chi connectivity index (χ0) is 21.1. The van der Waals surface area contributed by atoms with Crippen LogP contribution in [-0.4, -0.2) is 52.8 Å². The topological polar surface area (TPSA) is 84.3 Å². The van der Waals surface area contributed by atoms with E-state index in [-0.39, 0.29) is 9.77 Å². The third-order valence-corrected chi connectivity index (χ3v) is 9.53. The Hall–Kier alpha value is -1.79. The Morgan fingerprint density at radius 3 is 2.57 bits per heavy atom. The van der Waals surface area contributed by atoms with Crippen LogP contribution in [0, 0.1) is 0 Å². The number of hydrogen-bond donors (Lipinski definition) is 1. The van der Waals surface area contributed by atoms with E-state index in [9.17, 15) is 13.2 Å². The summed E-state index contributed by atoms with van der Waals surface area (Å²) in [5, 5.41) is 5.33. The third kappa shape index (κ3) is 4.59. The van der Waals surface area contributed by atoms with E-state index in [1.807, 2.05) is 29.9 Å². The fourth-order valence-electron chi connectivity index (χ4n) is 2.94. The van der Waals surface area contributed by atoms with Crippen LogP contribution in [0.25, 0.3) is 0 Å². The molecule has 0 spiro atoms. The van der Waals surface area contributed by atoms with E-state index >= 15 is 0 Å². The van der Waals surface area contributed by atoms with Gasteiger partial charge in [-0.25, -0.2) is 13.4 Å². The number of anilines is 1. The zero-order valence-electron chi connectivity index (χ0n) is 16.1. The lowest BCUT2D eigenvalue weighted by Crippen LogP contribution is -2.38. The van der Waals surface area contributed by atoms with E-state index in [2.05, 4.69) is 10.3 Å². The minimum Gasteiger partial charge on any atom is -0.329 e. The summed E-state index contributed by atoms with van der Waals surface area (Å²) in [5.74, 6) is 1.13. The molecule has 1 amide bonds. The van der Waals surface area contributed by atoms with Crippen molar-refractivity contribution in [3.8, 4) is 0 Å². The second-order valence-electron chi connectivity index (χ2n) is 6.53. The molecule has 3 heterocycles. The molecular formula is C19H20N4O3S4. The molecule has 0 saturated carbocycles. The molecule has 0 unspecified atom stereocenters. The Morgan fingerprint density at radius 2 is 1.90 bits per heavy atom. The average Bonchev–Trinajstić information content (AvgIpc) is 3.40. The summed E-state index contributed by atoms with van der Waals surface area (Å²) in [6, 6.07) is 8.90. The fraction of sp³-hybridized carbons (Fsp3) is 0.263. The monoisotopic (exact) mass is 480 g/mol. The van der Waals surface area contributed by atoms with Gasteiger partial charge >= 0.3 is 0 Å². The van der Waals surface area contributed by atoms with Crippen LogP contribution >= 0.6 is 34.9 Å². The van der Waals surface area contributed by atoms with Crippen LogP contribution in [0.1, 0.15) is 9.67 Å². The number of thioether (sulfide) groups is 1. The molecule has 4 rings (SSSR count). The number of sulfonamides is 1. The van der Waals surface area contributed by atoms with Crippen molar-refractivity contribution in [3.63, 3.8) is 0 Å². The predicted octanol–water partition coefficient (Wildman–Crippen LogP) is 3.62. The van der Waals surface area contributed by atoms with Gasteiger partial charge in [-0.3, -0.25) is 4.79 Å². The number of rotatable bonds is 6. The van der Waals surface area contributed by atoms with Crippen LogP contribution in [0.2, 0.25) is 0 Å². The van der Waals surface area contributed by atoms with Crippen LogP contribution in [0.15, 0.2) is 63.1 Å². The zero-order valence-corrected chi connectivity index (χ0v) is 19.4. The van der Waals surface area contributed by atoms with Crippen LogP contribution in [0.3, 0.4) is 0 Å². The number of aryl methyl sites for hydroxylation is 1. The quantitative estimate of drug-likeness (QED) is 0.580. The number of thiophene rings is 1. The molecular weight excluding hydrogens is 461 g/mol. The minimum absolute atomic E-state index is 0.0823. The first-order chi connectivity index (χ1) is 14.4. The molecule has 1 N–H and O–H groups in total. The van der Waals surface area contributed by atoms with E-state index < -0.39 is 15.9 Å². The summed E-state index contributed by atoms with van der Waals surface area (Å²) in [6.07, 6.45) is 3.62. The van der Waals surface area contributed by atoms with Crippen LogP contribution in [0.4, 0.5) is 5.69 Å². The highest BCUT2D eigenvalue weighted by Gasteiger charge is 2.31. The molecule has 1 saturated heterocycles. The molecule has 7 nitrogen and oxygen atoms in total. The van der Waals surface area contributed by atoms with Gasteiger partial charge in [0.25, 0.3) is 5.91 Å². The second kappa shape index (κ2) is 9.15. The van der Waals surface area contributed by atoms with E-state index in [0.717, 1.165) is 32.9 Å². The summed E-state index contributed by atoms with van der Waals surface area (Å²) in [4.78, 5) is 18.4. The van der Waals surface area contributed by atoms with Crippen molar-refractivity contribution in [1.29, 1.82) is 0 Å². The Kier molecular flexibility index (Phi) is 6.54. The maximum Gasteiger partial charge on any atom is 0.267 e. The molecule has 158 valence electrons. The summed E-state index contributed by atoms with van der Waals surface area (Å²) >= 11 is 4.40. The Morgan fingerprint density at radius 1 is 1.17 bits per heavy atom. The van der Waals surface area contributed by atoms with Gasteiger partial charge in [0.2, 0.25) is 10.0 Å². The predicted molar refractivity (Wildman–Crippen MR) is 122 cm³/mol. The van der Waals surface area contributed by atoms with Gasteiger partial charge < -0.3 is 9.88 Å². The van der Waals surface area contributed by atoms with Crippen molar-refractivity contribution in [1.82, 2.24) is 13.9 Å². The highest BCUT2D eigenvalue weighted by atomic mass is 32.2. The lowest BCUT2D eigenvalue weighted by Gasteiger charge is -2.25. The van der Waals surface area contributed by atoms with Gasteiger partial charge in [0.05, 0.1) is 0 Å². The first-order valence-electron chi connectivity index (χ1n) is 9.17. The first kappa shape index (κ1) is 21.4. The Balaban J connectivity index is 1.47. The normalized spacial score (nSPS) is 15.2. The second-order valence-corrected chi connectivity index (χ2v) is 11.6. The van der Waals surface area contributed by atoms with Gasteiger partial charge in [-0.05, 0) is 35.7 Å². The van der Waals surface area contributed by atoms with Crippen molar-refractivity contribution in [2.75, 3.05) is 29.9 Å². The number of carbonyl (C=O) groups is 1. The van der Waals surface area contributed by atoms with Crippen molar-refractivity contribution in [2.24, 2.45) is 7.05 Å². The van der Waals surface area contributed by atoms with E-state index in [1.54, 1.807) is 35.5 Å². The molecule has 0 bridgehead atoms. The van der Waals surface area contributed by atoms with Crippen molar-refractivity contribution in [3.05, 3.63) is 53.0 Å². The lowest BCUT2D eigenvalue weighted by molar-refractivity contribution is 0.102. The van der Waals surface area contributed by atoms with Gasteiger partial charge in [0, 0.05) is 54.6 Å². The molecule has 1 aromatic carbocycles. The molecule has 30 heavy (non-hydrogen) atoms. The Labute approximate surface area is 187 Å². The number of benzene rings is 1. The lowest BCUT2D eigenvalue weighted by atomic mass is 10.3. The molecule has 3 aromatic rings. The first-order valence-corrected chi connectivity index (χ1v) is 13.5. The number of nitrogens with one attached hydrogen (secondary N) is 1. The van der Waals surface area contributed by atoms with E-state index in [4.69, 9.17) is 0 Å². The maximum atomic E-state index is 13.0. The third-order valence-electron chi connectivity index (χ3n) is 4.52. The Bertz CT molecular complexity index is 1130. The SMILES string of the molecule is Cn1ccnc1Sc1ccc(NC(=O)c2sccc2S(=O)(=O)N2CCSCC2)cc1. The van der Waals surface area contributed by atoms with E-state index in [0.29, 0.717) is 18.8 Å². The number of aromatic nitrogens is 2. The van der Waals surface area contributed by atoms with Gasteiger partial charge in [0.1, 0.15) is 9.77 Å². The molecule has 1 aliphatic rings. The van der Waals surface area contributed by atoms with Gasteiger partial charge in [-0.1, -0.05) is 11.8 Å². The van der Waals surface area contributed by atoms with Crippen molar-refractivity contribution < 1.29 is 13.2 Å². The average molecular weight is 481 g/mol. The highest BCUT2D eigenvalue weighted by Crippen LogP contribution is 2.29. The maximum absolute atomic E-state index is 13.0. The van der Waals surface area contributed by atoms with Crippen LogP contribution in [-0.2, 0) is 17.1 Å². The van der Waals surface area contributed by atoms with Crippen LogP contribution < -0.4 is 5.32 Å². The van der Waals surface area contributed by atoms with Crippen molar-refractivity contribution >= 4 is 56.5 Å². The van der Waals surface area contributed by atoms with Crippen LogP contribution in [0.5, 0.6) is 0 Å². The molecule has 0 radical (unpaired) electrons. The summed E-state index contributed by atoms with van der Waals surface area (Å²) in [6.45, 7) is 0.943. The number of hydrogen-bond acceptors (Lipinski definition) is 7. The smallest absolute Gasteiger partial charge is 0.267 e. The molecule has 0 atom stereocenters. The summed E-state index contributed by atoms with van der Waals surface area (Å²) in [7, 11) is -1.74.